The second-order valence-electron chi connectivity index (χ2n) is 10.8. The van der Waals surface area contributed by atoms with Crippen molar-refractivity contribution in [2.24, 2.45) is 0 Å². The molecule has 2 saturated heterocycles. The van der Waals surface area contributed by atoms with Crippen molar-refractivity contribution in [2.75, 3.05) is 64.7 Å². The predicted octanol–water partition coefficient (Wildman–Crippen LogP) is 4.39. The summed E-state index contributed by atoms with van der Waals surface area (Å²) in [6, 6.07) is 15.4. The number of nitrogens with zero attached hydrogens (tertiary/aromatic N) is 3. The first-order valence-corrected chi connectivity index (χ1v) is 13.3. The van der Waals surface area contributed by atoms with Crippen molar-refractivity contribution in [2.45, 2.75) is 38.5 Å². The van der Waals surface area contributed by atoms with Crippen molar-refractivity contribution in [3.05, 3.63) is 70.3 Å². The largest absolute Gasteiger partial charge is 0.325 e. The molecule has 0 saturated carbocycles. The van der Waals surface area contributed by atoms with Crippen LogP contribution >= 0.6 is 0 Å². The summed E-state index contributed by atoms with van der Waals surface area (Å²) < 4.78 is 0. The number of rotatable bonds is 6. The van der Waals surface area contributed by atoms with E-state index in [9.17, 15) is 4.79 Å². The summed E-state index contributed by atoms with van der Waals surface area (Å²) >= 11 is 0. The highest BCUT2D eigenvalue weighted by molar-refractivity contribution is 5.92. The number of carbonyl (C=O) groups is 1. The minimum Gasteiger partial charge on any atom is -0.325 e. The number of nitrogens with one attached hydrogen (secondary N) is 1. The predicted molar refractivity (Wildman–Crippen MR) is 145 cm³/mol. The summed E-state index contributed by atoms with van der Waals surface area (Å²) in [7, 11) is 2.21. The topological polar surface area (TPSA) is 38.8 Å². The molecule has 3 aliphatic rings. The molecule has 35 heavy (non-hydrogen) atoms. The van der Waals surface area contributed by atoms with Crippen LogP contribution in [0.5, 0.6) is 0 Å². The van der Waals surface area contributed by atoms with Crippen molar-refractivity contribution < 1.29 is 4.79 Å². The number of likely N-dealkylation sites (N-methyl/N-ethyl adjacent to an activating group) is 1. The van der Waals surface area contributed by atoms with Crippen LogP contribution in [0.25, 0.3) is 6.08 Å². The maximum absolute atomic E-state index is 12.8. The number of anilines is 1. The summed E-state index contributed by atoms with van der Waals surface area (Å²) in [5.41, 5.74) is 7.88. The summed E-state index contributed by atoms with van der Waals surface area (Å²) in [5.74, 6) is 0.714. The van der Waals surface area contributed by atoms with Crippen LogP contribution in [0.1, 0.15) is 47.4 Å². The number of likely N-dealkylation sites (tertiary alicyclic amines) is 1. The van der Waals surface area contributed by atoms with Gasteiger partial charge in [0, 0.05) is 38.4 Å². The van der Waals surface area contributed by atoms with Crippen LogP contribution in [0, 0.1) is 6.92 Å². The Morgan fingerprint density at radius 3 is 2.40 bits per heavy atom. The van der Waals surface area contributed by atoms with E-state index in [2.05, 4.69) is 82.5 Å². The molecule has 2 aliphatic heterocycles. The maximum atomic E-state index is 12.8. The smallest absolute Gasteiger partial charge is 0.238 e. The number of hydrogen-bond donors (Lipinski definition) is 1. The second kappa shape index (κ2) is 11.1. The molecule has 0 atom stereocenters. The Kier molecular flexibility index (Phi) is 7.66. The molecular formula is C30H40N4O. The Labute approximate surface area is 210 Å². The SMILES string of the molecule is Cc1ccc(C2CCN(CC(=O)Nc3ccc4c(c3)CCC(CN3CCN(C)CC3)=C4)CC2)cc1. The van der Waals surface area contributed by atoms with Gasteiger partial charge in [0.05, 0.1) is 6.54 Å². The van der Waals surface area contributed by atoms with Gasteiger partial charge in [0.25, 0.3) is 0 Å². The maximum Gasteiger partial charge on any atom is 0.238 e. The van der Waals surface area contributed by atoms with Crippen molar-refractivity contribution >= 4 is 17.7 Å². The van der Waals surface area contributed by atoms with E-state index in [1.165, 1.54) is 27.8 Å². The number of fused-ring (bicyclic) bond motifs is 1. The molecule has 5 heteroatoms. The summed E-state index contributed by atoms with van der Waals surface area (Å²) in [5, 5.41) is 3.16. The monoisotopic (exact) mass is 472 g/mol. The van der Waals surface area contributed by atoms with Gasteiger partial charge in [-0.15, -0.1) is 0 Å². The third-order valence-corrected chi connectivity index (χ3v) is 8.03. The van der Waals surface area contributed by atoms with Crippen molar-refractivity contribution in [1.29, 1.82) is 0 Å². The van der Waals surface area contributed by atoms with Crippen molar-refractivity contribution in [3.8, 4) is 0 Å². The zero-order valence-electron chi connectivity index (χ0n) is 21.4. The van der Waals surface area contributed by atoms with E-state index in [1.54, 1.807) is 0 Å². The first-order valence-electron chi connectivity index (χ1n) is 13.3. The van der Waals surface area contributed by atoms with Gasteiger partial charge in [0.2, 0.25) is 5.91 Å². The van der Waals surface area contributed by atoms with Crippen LogP contribution in [0.2, 0.25) is 0 Å². The number of aryl methyl sites for hydroxylation is 2. The van der Waals surface area contributed by atoms with Crippen LogP contribution in [-0.4, -0.2) is 80.0 Å². The van der Waals surface area contributed by atoms with Gasteiger partial charge in [0.15, 0.2) is 0 Å². The van der Waals surface area contributed by atoms with E-state index in [1.807, 2.05) is 0 Å². The van der Waals surface area contributed by atoms with E-state index in [-0.39, 0.29) is 5.91 Å². The molecule has 0 aromatic heterocycles. The van der Waals surface area contributed by atoms with Gasteiger partial charge in [0.1, 0.15) is 0 Å². The standard InChI is InChI=1S/C30H40N4O/c1-23-3-6-25(7-4-23)26-11-13-33(14-12-26)22-30(35)31-29-10-9-27-19-24(5-8-28(27)20-29)21-34-17-15-32(2)16-18-34/h3-4,6-7,9-10,19-20,26H,5,8,11-18,21-22H2,1-2H3,(H,31,35). The van der Waals surface area contributed by atoms with Crippen LogP contribution in [-0.2, 0) is 11.2 Å². The minimum atomic E-state index is 0.0980. The lowest BCUT2D eigenvalue weighted by Crippen LogP contribution is -2.45. The fourth-order valence-corrected chi connectivity index (χ4v) is 5.71. The fraction of sp³-hybridized carbons (Fsp3) is 0.500. The third-order valence-electron chi connectivity index (χ3n) is 8.03. The lowest BCUT2D eigenvalue weighted by molar-refractivity contribution is -0.117. The Morgan fingerprint density at radius 2 is 1.66 bits per heavy atom. The van der Waals surface area contributed by atoms with E-state index in [0.717, 1.165) is 77.2 Å². The zero-order chi connectivity index (χ0) is 24.2. The Morgan fingerprint density at radius 1 is 0.914 bits per heavy atom. The lowest BCUT2D eigenvalue weighted by Gasteiger charge is -2.33. The number of piperidine rings is 1. The van der Waals surface area contributed by atoms with E-state index >= 15 is 0 Å². The van der Waals surface area contributed by atoms with Gasteiger partial charge in [-0.25, -0.2) is 0 Å². The van der Waals surface area contributed by atoms with Gasteiger partial charge in [-0.2, -0.15) is 0 Å². The Balaban J connectivity index is 1.10. The van der Waals surface area contributed by atoms with Gasteiger partial charge < -0.3 is 10.2 Å². The first-order chi connectivity index (χ1) is 17.0. The highest BCUT2D eigenvalue weighted by atomic mass is 16.2. The highest BCUT2D eigenvalue weighted by Crippen LogP contribution is 2.29. The van der Waals surface area contributed by atoms with E-state index in [4.69, 9.17) is 0 Å². The summed E-state index contributed by atoms with van der Waals surface area (Å²) in [6.45, 7) is 10.3. The van der Waals surface area contributed by atoms with Crippen LogP contribution in [0.3, 0.4) is 0 Å². The van der Waals surface area contributed by atoms with Gasteiger partial charge in [-0.05, 0) is 87.5 Å². The summed E-state index contributed by atoms with van der Waals surface area (Å²) in [4.78, 5) is 20.0. The fourth-order valence-electron chi connectivity index (χ4n) is 5.71. The molecule has 1 aliphatic carbocycles. The molecule has 0 spiro atoms. The Hall–Kier alpha value is -2.47. The molecular weight excluding hydrogens is 432 g/mol. The molecule has 1 N–H and O–H groups in total. The number of piperazine rings is 1. The molecule has 5 rings (SSSR count). The van der Waals surface area contributed by atoms with Crippen molar-refractivity contribution in [3.63, 3.8) is 0 Å². The first kappa shape index (κ1) is 24.2. The van der Waals surface area contributed by atoms with Gasteiger partial charge >= 0.3 is 0 Å². The zero-order valence-corrected chi connectivity index (χ0v) is 21.4. The number of carbonyl (C=O) groups excluding carboxylic acids is 1. The van der Waals surface area contributed by atoms with Crippen LogP contribution in [0.4, 0.5) is 5.69 Å². The number of amides is 1. The quantitative estimate of drug-likeness (QED) is 0.677. The van der Waals surface area contributed by atoms with Crippen LogP contribution < -0.4 is 5.32 Å². The third kappa shape index (κ3) is 6.40. The minimum absolute atomic E-state index is 0.0980. The average molecular weight is 473 g/mol. The Bertz CT molecular complexity index is 1040. The van der Waals surface area contributed by atoms with E-state index in [0.29, 0.717) is 12.5 Å². The molecule has 1 amide bonds. The molecule has 5 nitrogen and oxygen atoms in total. The highest BCUT2D eigenvalue weighted by Gasteiger charge is 2.22. The molecule has 2 fully saturated rings. The van der Waals surface area contributed by atoms with Crippen LogP contribution in [0.15, 0.2) is 48.0 Å². The van der Waals surface area contributed by atoms with Gasteiger partial charge in [-0.1, -0.05) is 47.5 Å². The average Bonchev–Trinajstić information content (AvgIpc) is 2.86. The number of hydrogen-bond acceptors (Lipinski definition) is 4. The molecule has 0 bridgehead atoms. The molecule has 2 heterocycles. The molecule has 0 unspecified atom stereocenters. The molecule has 0 radical (unpaired) electrons. The normalized spacial score (nSPS) is 20.3. The number of benzene rings is 2. The van der Waals surface area contributed by atoms with Crippen molar-refractivity contribution in [1.82, 2.24) is 14.7 Å². The summed E-state index contributed by atoms with van der Waals surface area (Å²) in [6.07, 6.45) is 6.80. The molecule has 2 aromatic carbocycles. The second-order valence-corrected chi connectivity index (χ2v) is 10.8. The lowest BCUT2D eigenvalue weighted by atomic mass is 9.89. The van der Waals surface area contributed by atoms with Gasteiger partial charge in [-0.3, -0.25) is 14.6 Å². The van der Waals surface area contributed by atoms with E-state index < -0.39 is 0 Å². The molecule has 186 valence electrons. The molecule has 2 aromatic rings.